The zero-order valence-electron chi connectivity index (χ0n) is 10.2. The van der Waals surface area contributed by atoms with Gasteiger partial charge >= 0.3 is 5.97 Å². The Morgan fingerprint density at radius 2 is 1.90 bits per heavy atom. The molecule has 0 aliphatic carbocycles. The quantitative estimate of drug-likeness (QED) is 0.798. The number of carboxylic acids is 1. The Morgan fingerprint density at radius 3 is 2.60 bits per heavy atom. The van der Waals surface area contributed by atoms with E-state index < -0.39 is 5.97 Å². The van der Waals surface area contributed by atoms with E-state index in [-0.39, 0.29) is 6.42 Å². The smallest absolute Gasteiger partial charge is 0.311 e. The number of aliphatic carboxylic acids is 1. The first-order valence-corrected chi connectivity index (χ1v) is 6.20. The zero-order valence-corrected chi connectivity index (χ0v) is 10.9. The molecule has 0 bridgehead atoms. The maximum absolute atomic E-state index is 10.8. The molecule has 2 aromatic heterocycles. The van der Waals surface area contributed by atoms with Crippen molar-refractivity contribution in [1.29, 1.82) is 0 Å². The molecule has 0 saturated carbocycles. The van der Waals surface area contributed by atoms with E-state index in [4.69, 9.17) is 16.7 Å². The Hall–Kier alpha value is -2.47. The van der Waals surface area contributed by atoms with Crippen molar-refractivity contribution in [2.24, 2.45) is 0 Å². The topological polar surface area (TPSA) is 80.4 Å². The van der Waals surface area contributed by atoms with Crippen LogP contribution in [0.25, 0.3) is 16.9 Å². The molecule has 0 amide bonds. The average Bonchev–Trinajstić information content (AvgIpc) is 2.81. The van der Waals surface area contributed by atoms with Crippen LogP contribution >= 0.6 is 11.6 Å². The normalized spacial score (nSPS) is 10.8. The molecule has 0 radical (unpaired) electrons. The maximum Gasteiger partial charge on any atom is 0.311 e. The van der Waals surface area contributed by atoms with E-state index >= 15 is 0 Å². The summed E-state index contributed by atoms with van der Waals surface area (Å²) in [5.41, 5.74) is 2.09. The summed E-state index contributed by atoms with van der Waals surface area (Å²) in [5, 5.41) is 21.6. The van der Waals surface area contributed by atoms with Gasteiger partial charge in [0, 0.05) is 10.6 Å². The minimum atomic E-state index is -0.974. The molecule has 0 spiro atoms. The first-order valence-electron chi connectivity index (χ1n) is 5.82. The van der Waals surface area contributed by atoms with Gasteiger partial charge in [0.05, 0.1) is 5.69 Å². The van der Waals surface area contributed by atoms with E-state index in [0.717, 1.165) is 5.56 Å². The minimum absolute atomic E-state index is 0.224. The molecule has 1 aromatic carbocycles. The van der Waals surface area contributed by atoms with Crippen LogP contribution in [0.1, 0.15) is 5.82 Å². The van der Waals surface area contributed by atoms with E-state index in [9.17, 15) is 4.79 Å². The Morgan fingerprint density at radius 1 is 1.15 bits per heavy atom. The third-order valence-corrected chi connectivity index (χ3v) is 3.03. The Balaban J connectivity index is 2.09. The minimum Gasteiger partial charge on any atom is -0.481 e. The number of nitrogens with zero attached hydrogens (tertiary/aromatic N) is 4. The van der Waals surface area contributed by atoms with Gasteiger partial charge in [0.15, 0.2) is 11.5 Å². The van der Waals surface area contributed by atoms with Crippen molar-refractivity contribution in [1.82, 2.24) is 19.8 Å². The highest BCUT2D eigenvalue weighted by Gasteiger charge is 2.11. The van der Waals surface area contributed by atoms with Crippen molar-refractivity contribution >= 4 is 23.2 Å². The molecule has 0 fully saturated rings. The number of benzene rings is 1. The summed E-state index contributed by atoms with van der Waals surface area (Å²) < 4.78 is 1.44. The maximum atomic E-state index is 10.8. The lowest BCUT2D eigenvalue weighted by Gasteiger charge is -2.02. The van der Waals surface area contributed by atoms with E-state index in [1.807, 2.05) is 12.1 Å². The first kappa shape index (κ1) is 12.6. The largest absolute Gasteiger partial charge is 0.481 e. The Kier molecular flexibility index (Phi) is 3.08. The zero-order chi connectivity index (χ0) is 14.1. The fourth-order valence-electron chi connectivity index (χ4n) is 1.85. The average molecular weight is 289 g/mol. The molecular weight excluding hydrogens is 280 g/mol. The summed E-state index contributed by atoms with van der Waals surface area (Å²) in [4.78, 5) is 10.8. The summed E-state index contributed by atoms with van der Waals surface area (Å²) in [5.74, 6) is -0.679. The molecule has 0 atom stereocenters. The monoisotopic (exact) mass is 288 g/mol. The second-order valence-electron chi connectivity index (χ2n) is 4.18. The van der Waals surface area contributed by atoms with Gasteiger partial charge in [-0.3, -0.25) is 4.79 Å². The van der Waals surface area contributed by atoms with Gasteiger partial charge in [-0.25, -0.2) is 0 Å². The summed E-state index contributed by atoms with van der Waals surface area (Å²) in [6.45, 7) is 0. The number of aromatic nitrogens is 4. The predicted molar refractivity (Wildman–Crippen MR) is 72.6 cm³/mol. The number of carbonyl (C=O) groups is 1. The van der Waals surface area contributed by atoms with Crippen LogP contribution in [0.4, 0.5) is 0 Å². The highest BCUT2D eigenvalue weighted by atomic mass is 35.5. The van der Waals surface area contributed by atoms with Crippen molar-refractivity contribution < 1.29 is 9.90 Å². The van der Waals surface area contributed by atoms with Crippen LogP contribution < -0.4 is 0 Å². The van der Waals surface area contributed by atoms with Crippen LogP contribution in [0.3, 0.4) is 0 Å². The lowest BCUT2D eigenvalue weighted by molar-refractivity contribution is -0.136. The fourth-order valence-corrected chi connectivity index (χ4v) is 1.98. The van der Waals surface area contributed by atoms with Gasteiger partial charge < -0.3 is 5.11 Å². The molecule has 7 heteroatoms. The predicted octanol–water partition coefficient (Wildman–Crippen LogP) is 2.07. The molecule has 0 aliphatic heterocycles. The number of halogens is 1. The number of hydrogen-bond donors (Lipinski definition) is 1. The van der Waals surface area contributed by atoms with Crippen LogP contribution in [0.2, 0.25) is 5.02 Å². The molecule has 3 aromatic rings. The summed E-state index contributed by atoms with van der Waals surface area (Å²) in [7, 11) is 0. The molecule has 6 nitrogen and oxygen atoms in total. The first-order chi connectivity index (χ1) is 9.63. The van der Waals surface area contributed by atoms with Crippen molar-refractivity contribution in [3.8, 4) is 11.3 Å². The van der Waals surface area contributed by atoms with Gasteiger partial charge in [-0.05, 0) is 24.3 Å². The van der Waals surface area contributed by atoms with Crippen molar-refractivity contribution in [2.45, 2.75) is 6.42 Å². The summed E-state index contributed by atoms with van der Waals surface area (Å²) in [6.07, 6.45) is -0.224. The van der Waals surface area contributed by atoms with Gasteiger partial charge in [-0.2, -0.15) is 9.61 Å². The molecule has 0 unspecified atom stereocenters. The molecule has 20 heavy (non-hydrogen) atoms. The van der Waals surface area contributed by atoms with Crippen LogP contribution in [-0.4, -0.2) is 30.9 Å². The molecule has 0 aliphatic rings. The Labute approximate surface area is 118 Å². The molecule has 100 valence electrons. The van der Waals surface area contributed by atoms with Gasteiger partial charge in [0.2, 0.25) is 0 Å². The standard InChI is InChI=1S/C13H9ClN4O2/c14-9-3-1-8(2-4-9)10-5-6-11-15-16-12(7-13(19)20)18(11)17-10/h1-6H,7H2,(H,19,20). The second kappa shape index (κ2) is 4.90. The number of hydrogen-bond acceptors (Lipinski definition) is 4. The Bertz CT molecular complexity index is 783. The number of rotatable bonds is 3. The lowest BCUT2D eigenvalue weighted by Crippen LogP contribution is -2.07. The van der Waals surface area contributed by atoms with Crippen LogP contribution in [-0.2, 0) is 11.2 Å². The second-order valence-corrected chi connectivity index (χ2v) is 4.62. The summed E-state index contributed by atoms with van der Waals surface area (Å²) >= 11 is 5.85. The van der Waals surface area contributed by atoms with E-state index in [0.29, 0.717) is 22.2 Å². The summed E-state index contributed by atoms with van der Waals surface area (Å²) in [6, 6.07) is 10.8. The van der Waals surface area contributed by atoms with Gasteiger partial charge in [-0.15, -0.1) is 10.2 Å². The van der Waals surface area contributed by atoms with Crippen molar-refractivity contribution in [3.63, 3.8) is 0 Å². The van der Waals surface area contributed by atoms with Crippen LogP contribution in [0, 0.1) is 0 Å². The third-order valence-electron chi connectivity index (χ3n) is 2.78. The van der Waals surface area contributed by atoms with Gasteiger partial charge in [-0.1, -0.05) is 23.7 Å². The van der Waals surface area contributed by atoms with Gasteiger partial charge in [0.1, 0.15) is 6.42 Å². The molecule has 2 heterocycles. The molecule has 1 N–H and O–H groups in total. The number of carboxylic acid groups (broad SMARTS) is 1. The number of fused-ring (bicyclic) bond motifs is 1. The van der Waals surface area contributed by atoms with E-state index in [2.05, 4.69) is 15.3 Å². The lowest BCUT2D eigenvalue weighted by atomic mass is 10.1. The van der Waals surface area contributed by atoms with E-state index in [1.165, 1.54) is 4.52 Å². The van der Waals surface area contributed by atoms with E-state index in [1.54, 1.807) is 24.3 Å². The fraction of sp³-hybridized carbons (Fsp3) is 0.0769. The highest BCUT2D eigenvalue weighted by molar-refractivity contribution is 6.30. The van der Waals surface area contributed by atoms with Crippen LogP contribution in [0.15, 0.2) is 36.4 Å². The van der Waals surface area contributed by atoms with Crippen molar-refractivity contribution in [3.05, 3.63) is 47.2 Å². The molecular formula is C13H9ClN4O2. The highest BCUT2D eigenvalue weighted by Crippen LogP contribution is 2.20. The SMILES string of the molecule is O=C(O)Cc1nnc2ccc(-c3ccc(Cl)cc3)nn12. The van der Waals surface area contributed by atoms with Crippen LogP contribution in [0.5, 0.6) is 0 Å². The van der Waals surface area contributed by atoms with Crippen molar-refractivity contribution in [2.75, 3.05) is 0 Å². The molecule has 3 rings (SSSR count). The third kappa shape index (κ3) is 2.33. The molecule has 0 saturated heterocycles. The van der Waals surface area contributed by atoms with Gasteiger partial charge in [0.25, 0.3) is 0 Å².